The number of fused-ring (bicyclic) bond motifs is 2. The van der Waals surface area contributed by atoms with E-state index >= 15 is 0 Å². The van der Waals surface area contributed by atoms with E-state index in [1.807, 2.05) is 52.2 Å². The number of ether oxygens (including phenoxy) is 1. The zero-order valence-corrected chi connectivity index (χ0v) is 34.9. The van der Waals surface area contributed by atoms with E-state index in [1.54, 1.807) is 16.2 Å². The van der Waals surface area contributed by atoms with Crippen LogP contribution in [-0.4, -0.2) is 73.4 Å². The number of aliphatic imine (C=N–C) groups is 1. The molecule has 6 rings (SSSR count). The largest absolute Gasteiger partial charge is 0.453 e. The highest BCUT2D eigenvalue weighted by atomic mass is 32.1. The first-order valence-electron chi connectivity index (χ1n) is 19.2. The van der Waals surface area contributed by atoms with Crippen molar-refractivity contribution in [2.24, 2.45) is 4.99 Å². The second-order valence-electron chi connectivity index (χ2n) is 12.1. The average Bonchev–Trinajstić information content (AvgIpc) is 4.03. The zero-order chi connectivity index (χ0) is 39.5. The van der Waals surface area contributed by atoms with Crippen LogP contribution < -0.4 is 16.0 Å². The molecule has 10 nitrogen and oxygen atoms in total. The third-order valence-corrected chi connectivity index (χ3v) is 10.6. The summed E-state index contributed by atoms with van der Waals surface area (Å²) in [5.74, 6) is 0.877. The fourth-order valence-electron chi connectivity index (χ4n) is 5.74. The van der Waals surface area contributed by atoms with Gasteiger partial charge in [0.15, 0.2) is 0 Å². The first kappa shape index (κ1) is 43.9. The smallest absolute Gasteiger partial charge is 0.407 e. The molecule has 1 aliphatic heterocycles. The second kappa shape index (κ2) is 23.3. The Morgan fingerprint density at radius 1 is 0.981 bits per heavy atom. The number of amides is 2. The van der Waals surface area contributed by atoms with Gasteiger partial charge in [0.25, 0.3) is 0 Å². The summed E-state index contributed by atoms with van der Waals surface area (Å²) >= 11 is 3.61. The number of hydrogen-bond donors (Lipinski definition) is 4. The van der Waals surface area contributed by atoms with Gasteiger partial charge in [0.2, 0.25) is 5.91 Å². The Balaban J connectivity index is 0.00000105. The molecule has 54 heavy (non-hydrogen) atoms. The molecule has 0 spiro atoms. The minimum absolute atomic E-state index is 0.0981. The summed E-state index contributed by atoms with van der Waals surface area (Å²) < 4.78 is 7.10. The Kier molecular flexibility index (Phi) is 18.9. The van der Waals surface area contributed by atoms with Gasteiger partial charge < -0.3 is 30.6 Å². The number of alkyl carbamates (subject to hydrolysis) is 1. The summed E-state index contributed by atoms with van der Waals surface area (Å²) in [5, 5.41) is 9.22. The highest BCUT2D eigenvalue weighted by Gasteiger charge is 2.20. The van der Waals surface area contributed by atoms with Crippen LogP contribution in [0.15, 0.2) is 65.8 Å². The van der Waals surface area contributed by atoms with E-state index in [0.29, 0.717) is 25.7 Å². The summed E-state index contributed by atoms with van der Waals surface area (Å²) in [6.07, 6.45) is 5.58. The lowest BCUT2D eigenvalue weighted by atomic mass is 10.1. The van der Waals surface area contributed by atoms with E-state index in [-0.39, 0.29) is 12.5 Å². The molecule has 1 unspecified atom stereocenters. The molecule has 1 aliphatic rings. The van der Waals surface area contributed by atoms with Crippen molar-refractivity contribution < 1.29 is 14.3 Å². The molecule has 1 fully saturated rings. The number of H-pyrrole nitrogens is 1. The summed E-state index contributed by atoms with van der Waals surface area (Å²) in [6.45, 7) is 20.6. The number of methoxy groups -OCH3 is 1. The van der Waals surface area contributed by atoms with Crippen LogP contribution in [0.1, 0.15) is 91.6 Å². The lowest BCUT2D eigenvalue weighted by Crippen LogP contribution is -2.42. The molecule has 3 aromatic heterocycles. The van der Waals surface area contributed by atoms with E-state index in [2.05, 4.69) is 106 Å². The van der Waals surface area contributed by atoms with Gasteiger partial charge in [-0.25, -0.2) is 9.78 Å². The number of carbonyl (C=O) groups is 2. The first-order valence-corrected chi connectivity index (χ1v) is 20.9. The van der Waals surface area contributed by atoms with Gasteiger partial charge in [-0.2, -0.15) is 0 Å². The number of benzene rings is 2. The minimum Gasteiger partial charge on any atom is -0.453 e. The minimum atomic E-state index is -0.623. The van der Waals surface area contributed by atoms with Crippen LogP contribution in [0.2, 0.25) is 0 Å². The Morgan fingerprint density at radius 3 is 2.22 bits per heavy atom. The van der Waals surface area contributed by atoms with Gasteiger partial charge in [-0.3, -0.25) is 9.79 Å². The van der Waals surface area contributed by atoms with Crippen molar-refractivity contribution in [3.05, 3.63) is 72.2 Å². The maximum absolute atomic E-state index is 12.5. The second-order valence-corrected chi connectivity index (χ2v) is 14.3. The third-order valence-electron chi connectivity index (χ3n) is 8.20. The summed E-state index contributed by atoms with van der Waals surface area (Å²) in [5.41, 5.74) is 6.12. The molecule has 12 heteroatoms. The lowest BCUT2D eigenvalue weighted by molar-refractivity contribution is -0.130. The van der Waals surface area contributed by atoms with Gasteiger partial charge in [-0.15, -0.1) is 22.7 Å². The third kappa shape index (κ3) is 12.0. The van der Waals surface area contributed by atoms with Gasteiger partial charge in [0, 0.05) is 50.6 Å². The molecule has 5 aromatic rings. The number of aromatic nitrogens is 2. The number of nitrogens with zero attached hydrogens (tertiary/aromatic N) is 3. The summed E-state index contributed by atoms with van der Waals surface area (Å²) in [7, 11) is 1.27. The molecule has 0 saturated carbocycles. The molecule has 2 amide bonds. The Bertz CT molecular complexity index is 1890. The van der Waals surface area contributed by atoms with Gasteiger partial charge in [0.05, 0.1) is 29.9 Å². The molecular formula is C42H59N7O3S2. The van der Waals surface area contributed by atoms with Crippen LogP contribution in [0.25, 0.3) is 47.0 Å². The standard InChI is InChI=1S/C35H39N7O3S2.C3H8.2C2H6/c1-4-15-42(33(43)21-39-35(44)45-3)16-14-37-20-28(36-2)22-7-9-23(10-8-22)29-18-31-32(46-29)19-30(47-31)24-11-12-25-27(17-24)41-34(40-25)26-6-5-13-38-26;1-3-2;2*1-2/h7-12,17-20,26,37-38H,2,4-6,13-16,21H2,1,3H3,(H,39,44)(H,40,41);3H2,1-2H3;2*1-2H3/b28-20-;;;. The Labute approximate surface area is 329 Å². The van der Waals surface area contributed by atoms with E-state index < -0.39 is 6.09 Å². The number of aromatic amines is 1. The van der Waals surface area contributed by atoms with Crippen LogP contribution in [-0.2, 0) is 9.53 Å². The number of thiophene rings is 2. The fraction of sp³-hybridized carbons (Fsp3) is 0.429. The van der Waals surface area contributed by atoms with Crippen LogP contribution in [0.3, 0.4) is 0 Å². The predicted molar refractivity (Wildman–Crippen MR) is 232 cm³/mol. The number of hydrogen-bond acceptors (Lipinski definition) is 9. The van der Waals surface area contributed by atoms with Crippen molar-refractivity contribution in [2.45, 2.75) is 80.2 Å². The highest BCUT2D eigenvalue weighted by molar-refractivity contribution is 7.31. The van der Waals surface area contributed by atoms with E-state index in [0.717, 1.165) is 53.1 Å². The quantitative estimate of drug-likeness (QED) is 0.0698. The highest BCUT2D eigenvalue weighted by Crippen LogP contribution is 2.42. The van der Waals surface area contributed by atoms with Crippen molar-refractivity contribution in [1.29, 1.82) is 0 Å². The van der Waals surface area contributed by atoms with Crippen LogP contribution in [0.5, 0.6) is 0 Å². The maximum Gasteiger partial charge on any atom is 0.407 e. The monoisotopic (exact) mass is 773 g/mol. The Morgan fingerprint density at radius 2 is 1.63 bits per heavy atom. The molecule has 0 radical (unpaired) electrons. The molecule has 0 bridgehead atoms. The zero-order valence-electron chi connectivity index (χ0n) is 33.3. The molecular weight excluding hydrogens is 715 g/mol. The summed E-state index contributed by atoms with van der Waals surface area (Å²) in [4.78, 5) is 40.6. The van der Waals surface area contributed by atoms with Crippen LogP contribution >= 0.6 is 22.7 Å². The molecule has 4 heterocycles. The van der Waals surface area contributed by atoms with Crippen molar-refractivity contribution in [2.75, 3.05) is 39.8 Å². The van der Waals surface area contributed by atoms with Gasteiger partial charge in [-0.1, -0.05) is 85.2 Å². The lowest BCUT2D eigenvalue weighted by Gasteiger charge is -2.22. The van der Waals surface area contributed by atoms with Crippen LogP contribution in [0.4, 0.5) is 4.79 Å². The first-order chi connectivity index (χ1) is 26.4. The number of nitrogens with one attached hydrogen (secondary N) is 4. The predicted octanol–water partition coefficient (Wildman–Crippen LogP) is 10.2. The molecule has 0 aliphatic carbocycles. The maximum atomic E-state index is 12.5. The van der Waals surface area contributed by atoms with E-state index in [9.17, 15) is 9.59 Å². The van der Waals surface area contributed by atoms with E-state index in [1.165, 1.54) is 44.7 Å². The number of imidazole rings is 1. The van der Waals surface area contributed by atoms with Gasteiger partial charge in [-0.05, 0) is 67.9 Å². The average molecular weight is 774 g/mol. The molecule has 2 aromatic carbocycles. The molecule has 4 N–H and O–H groups in total. The fourth-order valence-corrected chi connectivity index (χ4v) is 8.14. The summed E-state index contributed by atoms with van der Waals surface area (Å²) in [6, 6.07) is 19.7. The SMILES string of the molecule is C=N/C(=C\NCCN(CCC)C(=O)CNC(=O)OC)c1ccc(-c2cc3sc(-c4ccc5nc(C6CCCN6)[nH]c5c4)cc3s2)cc1.CC.CC.CCC. The van der Waals surface area contributed by atoms with Crippen molar-refractivity contribution in [3.8, 4) is 20.9 Å². The van der Waals surface area contributed by atoms with Crippen LogP contribution in [0, 0.1) is 0 Å². The normalized spacial score (nSPS) is 13.5. The molecule has 292 valence electrons. The van der Waals surface area contributed by atoms with Crippen molar-refractivity contribution >= 4 is 67.5 Å². The number of rotatable bonds is 13. The molecule has 1 saturated heterocycles. The molecule has 1 atom stereocenters. The van der Waals surface area contributed by atoms with Crippen molar-refractivity contribution in [1.82, 2.24) is 30.8 Å². The van der Waals surface area contributed by atoms with E-state index in [4.69, 9.17) is 4.98 Å². The van der Waals surface area contributed by atoms with Gasteiger partial charge >= 0.3 is 6.09 Å². The topological polar surface area (TPSA) is 124 Å². The Hall–Kier alpha value is -4.52. The van der Waals surface area contributed by atoms with Gasteiger partial charge in [0.1, 0.15) is 12.4 Å². The van der Waals surface area contributed by atoms with Crippen molar-refractivity contribution in [3.63, 3.8) is 0 Å². The number of carbonyl (C=O) groups excluding carboxylic acids is 2.